The van der Waals surface area contributed by atoms with Gasteiger partial charge in [0.1, 0.15) is 0 Å². The van der Waals surface area contributed by atoms with Crippen molar-refractivity contribution in [2.75, 3.05) is 41.0 Å². The molecule has 1 aromatic carbocycles. The van der Waals surface area contributed by atoms with Crippen LogP contribution in [0.1, 0.15) is 25.3 Å². The van der Waals surface area contributed by atoms with Crippen LogP contribution >= 0.6 is 11.8 Å². The number of thioether (sulfide) groups is 1. The number of anilines is 2. The molecule has 1 unspecified atom stereocenters. The zero-order chi connectivity index (χ0) is 20.9. The summed E-state index contributed by atoms with van der Waals surface area (Å²) in [5, 5.41) is 15.1. The topological polar surface area (TPSA) is 116 Å². The highest BCUT2D eigenvalue weighted by Gasteiger charge is 2.26. The highest BCUT2D eigenvalue weighted by molar-refractivity contribution is 7.98. The van der Waals surface area contributed by atoms with Crippen molar-refractivity contribution in [2.45, 2.75) is 31.8 Å². The molecule has 0 fully saturated rings. The van der Waals surface area contributed by atoms with Gasteiger partial charge >= 0.3 is 11.8 Å². The zero-order valence-corrected chi connectivity index (χ0v) is 18.0. The number of sulfonamides is 1. The minimum Gasteiger partial charge on any atom is -0.388 e. The van der Waals surface area contributed by atoms with Gasteiger partial charge in [0, 0.05) is 18.8 Å². The molecule has 1 heterocycles. The second-order valence-electron chi connectivity index (χ2n) is 7.16. The first-order valence-corrected chi connectivity index (χ1v) is 12.2. The van der Waals surface area contributed by atoms with E-state index in [4.69, 9.17) is 0 Å². The molecule has 0 radical (unpaired) electrons. The molecule has 2 amide bonds. The fourth-order valence-electron chi connectivity index (χ4n) is 2.91. The molecule has 2 rings (SSSR count). The number of nitrogens with zero attached hydrogens (tertiary/aromatic N) is 1. The summed E-state index contributed by atoms with van der Waals surface area (Å²) >= 11 is 1.59. The third kappa shape index (κ3) is 6.11. The van der Waals surface area contributed by atoms with E-state index in [-0.39, 0.29) is 6.54 Å². The number of aliphatic hydroxyl groups is 1. The first-order chi connectivity index (χ1) is 13.0. The maximum absolute atomic E-state index is 12.1. The van der Waals surface area contributed by atoms with E-state index in [1.165, 1.54) is 4.31 Å². The van der Waals surface area contributed by atoms with E-state index in [2.05, 4.69) is 10.6 Å². The Balaban J connectivity index is 2.03. The molecule has 10 heteroatoms. The van der Waals surface area contributed by atoms with Crippen LogP contribution in [0.15, 0.2) is 18.2 Å². The molecule has 8 nitrogen and oxygen atoms in total. The predicted octanol–water partition coefficient (Wildman–Crippen LogP) is 0.958. The summed E-state index contributed by atoms with van der Waals surface area (Å²) in [5.74, 6) is -0.995. The second-order valence-corrected chi connectivity index (χ2v) is 10.1. The van der Waals surface area contributed by atoms with E-state index in [1.807, 2.05) is 6.26 Å². The Morgan fingerprint density at radius 3 is 2.68 bits per heavy atom. The number of amides is 2. The maximum Gasteiger partial charge on any atom is 0.313 e. The van der Waals surface area contributed by atoms with Gasteiger partial charge in [-0.1, -0.05) is 6.07 Å². The molecule has 1 atom stereocenters. The lowest BCUT2D eigenvalue weighted by atomic mass is 10.0. The van der Waals surface area contributed by atoms with E-state index in [9.17, 15) is 23.1 Å². The fourth-order valence-corrected chi connectivity index (χ4v) is 4.54. The molecule has 1 aromatic rings. The number of hydrogen-bond donors (Lipinski definition) is 3. The van der Waals surface area contributed by atoms with Crippen LogP contribution in [0.2, 0.25) is 0 Å². The minimum atomic E-state index is -3.42. The van der Waals surface area contributed by atoms with Gasteiger partial charge < -0.3 is 15.7 Å². The van der Waals surface area contributed by atoms with Gasteiger partial charge in [0.2, 0.25) is 10.0 Å². The average molecular weight is 430 g/mol. The molecule has 0 spiro atoms. The van der Waals surface area contributed by atoms with Gasteiger partial charge in [-0.15, -0.1) is 0 Å². The molecule has 1 aliphatic heterocycles. The van der Waals surface area contributed by atoms with Crippen LogP contribution in [0.3, 0.4) is 0 Å². The molecule has 0 aromatic heterocycles. The van der Waals surface area contributed by atoms with Crippen LogP contribution in [-0.2, 0) is 26.0 Å². The number of carbonyl (C=O) groups excluding carboxylic acids is 2. The molecule has 0 aliphatic carbocycles. The monoisotopic (exact) mass is 429 g/mol. The lowest BCUT2D eigenvalue weighted by molar-refractivity contribution is -0.136. The van der Waals surface area contributed by atoms with Crippen LogP contribution < -0.4 is 14.9 Å². The Labute approximate surface area is 170 Å². The first kappa shape index (κ1) is 22.5. The van der Waals surface area contributed by atoms with Crippen molar-refractivity contribution in [2.24, 2.45) is 0 Å². The summed E-state index contributed by atoms with van der Waals surface area (Å²) in [7, 11) is -3.42. The van der Waals surface area contributed by atoms with Crippen molar-refractivity contribution in [3.05, 3.63) is 23.8 Å². The average Bonchev–Trinajstić information content (AvgIpc) is 2.63. The van der Waals surface area contributed by atoms with Crippen molar-refractivity contribution in [1.82, 2.24) is 5.32 Å². The molecule has 3 N–H and O–H groups in total. The van der Waals surface area contributed by atoms with Crippen LogP contribution in [0.5, 0.6) is 0 Å². The van der Waals surface area contributed by atoms with Crippen molar-refractivity contribution >= 4 is 45.0 Å². The molecule has 0 bridgehead atoms. The first-order valence-electron chi connectivity index (χ1n) is 8.95. The number of rotatable bonds is 7. The number of hydrogen-bond acceptors (Lipinski definition) is 6. The van der Waals surface area contributed by atoms with Gasteiger partial charge in [-0.3, -0.25) is 13.9 Å². The van der Waals surface area contributed by atoms with Crippen LogP contribution in [0.4, 0.5) is 11.4 Å². The molecular weight excluding hydrogens is 402 g/mol. The molecular formula is C18H27N3O5S2. The van der Waals surface area contributed by atoms with Crippen molar-refractivity contribution < 1.29 is 23.1 Å². The van der Waals surface area contributed by atoms with Crippen LogP contribution in [0, 0.1) is 0 Å². The Kier molecular flexibility index (Phi) is 7.35. The van der Waals surface area contributed by atoms with Gasteiger partial charge in [0.25, 0.3) is 0 Å². The van der Waals surface area contributed by atoms with E-state index in [0.717, 1.165) is 30.4 Å². The molecule has 0 saturated heterocycles. The van der Waals surface area contributed by atoms with Gasteiger partial charge in [-0.05, 0) is 55.9 Å². The highest BCUT2D eigenvalue weighted by Crippen LogP contribution is 2.31. The van der Waals surface area contributed by atoms with E-state index in [0.29, 0.717) is 24.3 Å². The maximum atomic E-state index is 12.1. The number of carbonyl (C=O) groups is 2. The van der Waals surface area contributed by atoms with Crippen LogP contribution in [0.25, 0.3) is 0 Å². The molecule has 1 aliphatic rings. The van der Waals surface area contributed by atoms with E-state index >= 15 is 0 Å². The van der Waals surface area contributed by atoms with Gasteiger partial charge in [0.15, 0.2) is 0 Å². The summed E-state index contributed by atoms with van der Waals surface area (Å²) in [6.45, 7) is 1.95. The lowest BCUT2D eigenvalue weighted by Gasteiger charge is -2.29. The molecule has 156 valence electrons. The standard InChI is InChI=1S/C18H27N3O5S2/c1-18(24,8-10-27-2)12-19-16(22)17(23)20-14-7-6-13-5-4-9-21(15(13)11-14)28(3,25)26/h6-7,11,24H,4-5,8-10,12H2,1-3H3,(H,19,22)(H,20,23). The fraction of sp³-hybridized carbons (Fsp3) is 0.556. The summed E-state index contributed by atoms with van der Waals surface area (Å²) in [4.78, 5) is 24.2. The van der Waals surface area contributed by atoms with Gasteiger partial charge in [-0.2, -0.15) is 11.8 Å². The lowest BCUT2D eigenvalue weighted by Crippen LogP contribution is -2.44. The normalized spacial score (nSPS) is 16.1. The number of benzene rings is 1. The Morgan fingerprint density at radius 1 is 1.32 bits per heavy atom. The van der Waals surface area contributed by atoms with Crippen molar-refractivity contribution in [1.29, 1.82) is 0 Å². The van der Waals surface area contributed by atoms with Gasteiger partial charge in [-0.25, -0.2) is 8.42 Å². The van der Waals surface area contributed by atoms with Crippen molar-refractivity contribution in [3.8, 4) is 0 Å². The zero-order valence-electron chi connectivity index (χ0n) is 16.3. The summed E-state index contributed by atoms with van der Waals surface area (Å²) in [6.07, 6.45) is 5.03. The third-order valence-electron chi connectivity index (χ3n) is 4.50. The summed E-state index contributed by atoms with van der Waals surface area (Å²) in [5.41, 5.74) is 0.639. The Morgan fingerprint density at radius 2 is 2.04 bits per heavy atom. The van der Waals surface area contributed by atoms with Crippen molar-refractivity contribution in [3.63, 3.8) is 0 Å². The smallest absolute Gasteiger partial charge is 0.313 e. The van der Waals surface area contributed by atoms with Crippen LogP contribution in [-0.4, -0.2) is 62.3 Å². The quantitative estimate of drug-likeness (QED) is 0.556. The number of fused-ring (bicyclic) bond motifs is 1. The predicted molar refractivity (Wildman–Crippen MR) is 112 cm³/mol. The Bertz CT molecular complexity index is 840. The minimum absolute atomic E-state index is 0.0359. The van der Waals surface area contributed by atoms with E-state index < -0.39 is 27.4 Å². The molecule has 0 saturated carbocycles. The largest absolute Gasteiger partial charge is 0.388 e. The second kappa shape index (κ2) is 9.15. The van der Waals surface area contributed by atoms with Gasteiger partial charge in [0.05, 0.1) is 17.5 Å². The highest BCUT2D eigenvalue weighted by atomic mass is 32.2. The number of nitrogens with one attached hydrogen (secondary N) is 2. The summed E-state index contributed by atoms with van der Waals surface area (Å²) in [6, 6.07) is 4.97. The SMILES string of the molecule is CSCCC(C)(O)CNC(=O)C(=O)Nc1ccc2c(c1)N(S(C)(=O)=O)CCC2. The Hall–Kier alpha value is -1.78. The molecule has 28 heavy (non-hydrogen) atoms. The number of aryl methyl sites for hydroxylation is 1. The summed E-state index contributed by atoms with van der Waals surface area (Å²) < 4.78 is 25.3. The third-order valence-corrected chi connectivity index (χ3v) is 6.29. The van der Waals surface area contributed by atoms with E-state index in [1.54, 1.807) is 36.9 Å².